The molecule has 1 fully saturated rings. The van der Waals surface area contributed by atoms with Crippen molar-refractivity contribution in [2.24, 2.45) is 0 Å². The van der Waals surface area contributed by atoms with E-state index in [1.807, 2.05) is 0 Å². The molecule has 2 N–H and O–H groups in total. The molecule has 10 heteroatoms. The highest BCUT2D eigenvalue weighted by molar-refractivity contribution is 5.95. The fraction of sp³-hybridized carbons (Fsp3) is 0.500. The molecule has 7 nitrogen and oxygen atoms in total. The number of nitrogens with zero attached hydrogens (tertiary/aromatic N) is 2. The number of nitrogens with one attached hydrogen (secondary N) is 2. The molecular weight excluding hydrogens is 329 g/mol. The number of halogens is 3. The molecule has 0 atom stereocenters. The molecule has 1 aliphatic heterocycles. The maximum Gasteiger partial charge on any atom is 0.422 e. The van der Waals surface area contributed by atoms with Crippen LogP contribution in [0.5, 0.6) is 0 Å². The summed E-state index contributed by atoms with van der Waals surface area (Å²) in [6, 6.07) is 1.40. The summed E-state index contributed by atoms with van der Waals surface area (Å²) in [5.74, 6) is -1.10. The van der Waals surface area contributed by atoms with Crippen LogP contribution in [-0.4, -0.2) is 46.4 Å². The number of rotatable bonds is 3. The first-order chi connectivity index (χ1) is 11.3. The Hall–Kier alpha value is -2.36. The van der Waals surface area contributed by atoms with Crippen LogP contribution in [0.4, 0.5) is 13.2 Å². The van der Waals surface area contributed by atoms with Gasteiger partial charge in [-0.15, -0.1) is 0 Å². The molecule has 3 heterocycles. The van der Waals surface area contributed by atoms with Crippen LogP contribution in [0.15, 0.2) is 17.1 Å². The fourth-order valence-electron chi connectivity index (χ4n) is 2.80. The molecule has 0 bridgehead atoms. The average molecular weight is 344 g/mol. The van der Waals surface area contributed by atoms with Crippen LogP contribution in [0.3, 0.4) is 0 Å². The first-order valence-corrected chi connectivity index (χ1v) is 7.41. The summed E-state index contributed by atoms with van der Waals surface area (Å²) in [5.41, 5.74) is 0.0295. The van der Waals surface area contributed by atoms with Gasteiger partial charge in [0.2, 0.25) is 0 Å². The van der Waals surface area contributed by atoms with Crippen LogP contribution in [0.1, 0.15) is 34.8 Å². The Morgan fingerprint density at radius 3 is 2.75 bits per heavy atom. The van der Waals surface area contributed by atoms with E-state index in [0.29, 0.717) is 5.69 Å². The minimum Gasteiger partial charge on any atom is -0.452 e. The molecule has 0 unspecified atom stereocenters. The Morgan fingerprint density at radius 1 is 1.38 bits per heavy atom. The van der Waals surface area contributed by atoms with Gasteiger partial charge in [-0.05, 0) is 25.9 Å². The van der Waals surface area contributed by atoms with E-state index in [2.05, 4.69) is 20.1 Å². The van der Waals surface area contributed by atoms with E-state index in [-0.39, 0.29) is 17.1 Å². The third-order valence-corrected chi connectivity index (χ3v) is 3.88. The number of piperidine rings is 1. The summed E-state index contributed by atoms with van der Waals surface area (Å²) in [5, 5.41) is 7.25. The lowest BCUT2D eigenvalue weighted by atomic mass is 9.94. The largest absolute Gasteiger partial charge is 0.452 e. The molecule has 0 saturated carbocycles. The number of hydrogen-bond donors (Lipinski definition) is 2. The first-order valence-electron chi connectivity index (χ1n) is 7.41. The highest BCUT2D eigenvalue weighted by atomic mass is 19.4. The molecule has 2 aromatic rings. The van der Waals surface area contributed by atoms with Crippen molar-refractivity contribution in [2.75, 3.05) is 19.7 Å². The van der Waals surface area contributed by atoms with Gasteiger partial charge in [0.05, 0.1) is 11.9 Å². The molecule has 130 valence electrons. The van der Waals surface area contributed by atoms with Crippen molar-refractivity contribution < 1.29 is 22.7 Å². The van der Waals surface area contributed by atoms with Gasteiger partial charge in [0, 0.05) is 12.0 Å². The molecule has 1 saturated heterocycles. The van der Waals surface area contributed by atoms with Crippen molar-refractivity contribution in [3.05, 3.63) is 33.9 Å². The summed E-state index contributed by atoms with van der Waals surface area (Å²) < 4.78 is 42.2. The number of esters is 1. The van der Waals surface area contributed by atoms with Crippen molar-refractivity contribution in [2.45, 2.75) is 24.9 Å². The van der Waals surface area contributed by atoms with Crippen LogP contribution in [-0.2, 0) is 4.74 Å². The third-order valence-electron chi connectivity index (χ3n) is 3.88. The minimum absolute atomic E-state index is 0.0446. The molecule has 0 aromatic carbocycles. The number of hydrogen-bond acceptors (Lipinski definition) is 5. The van der Waals surface area contributed by atoms with E-state index in [1.54, 1.807) is 0 Å². The first kappa shape index (κ1) is 16.5. The summed E-state index contributed by atoms with van der Waals surface area (Å²) in [7, 11) is 0. The zero-order chi connectivity index (χ0) is 17.3. The maximum absolute atomic E-state index is 12.2. The average Bonchev–Trinajstić information content (AvgIpc) is 2.95. The number of ether oxygens (including phenoxy) is 1. The summed E-state index contributed by atoms with van der Waals surface area (Å²) >= 11 is 0. The fourth-order valence-corrected chi connectivity index (χ4v) is 2.80. The topological polar surface area (TPSA) is 88.5 Å². The normalized spacial score (nSPS) is 16.5. The lowest BCUT2D eigenvalue weighted by Gasteiger charge is -2.23. The van der Waals surface area contributed by atoms with Crippen molar-refractivity contribution in [3.8, 4) is 0 Å². The summed E-state index contributed by atoms with van der Waals surface area (Å²) in [6.45, 7) is -0.108. The molecular formula is C14H15F3N4O3. The number of fused-ring (bicyclic) bond motifs is 1. The number of H-pyrrole nitrogens is 1. The standard InChI is InChI=1S/C14H15F3N4O3/c15-14(16,17)7-24-13(23)9-6-19-21-10(5-11(22)20-12(9)21)8-1-3-18-4-2-8/h5-6,8,18H,1-4,7H2,(H,20,22). The van der Waals surface area contributed by atoms with Crippen LogP contribution >= 0.6 is 0 Å². The van der Waals surface area contributed by atoms with Gasteiger partial charge in [-0.3, -0.25) is 4.79 Å². The van der Waals surface area contributed by atoms with Gasteiger partial charge in [0.25, 0.3) is 5.56 Å². The predicted octanol–water partition coefficient (Wildman–Crippen LogP) is 1.21. The van der Waals surface area contributed by atoms with Gasteiger partial charge in [-0.25, -0.2) is 9.31 Å². The number of aromatic nitrogens is 3. The lowest BCUT2D eigenvalue weighted by Crippen LogP contribution is -2.28. The third kappa shape index (κ3) is 3.42. The summed E-state index contributed by atoms with van der Waals surface area (Å²) in [4.78, 5) is 26.2. The molecule has 1 aliphatic rings. The second kappa shape index (κ2) is 6.27. The monoisotopic (exact) mass is 344 g/mol. The molecule has 0 amide bonds. The Labute approximate surface area is 133 Å². The Balaban J connectivity index is 1.95. The van der Waals surface area contributed by atoms with Gasteiger partial charge in [-0.2, -0.15) is 18.3 Å². The molecule has 0 aliphatic carbocycles. The SMILES string of the molecule is O=C(OCC(F)(F)F)c1cnn2c(C3CCNCC3)cc(=O)[nH]c12. The molecule has 0 spiro atoms. The Morgan fingerprint density at radius 2 is 2.08 bits per heavy atom. The second-order valence-corrected chi connectivity index (χ2v) is 5.59. The van der Waals surface area contributed by atoms with Crippen molar-refractivity contribution in [1.82, 2.24) is 19.9 Å². The van der Waals surface area contributed by atoms with Gasteiger partial charge < -0.3 is 15.0 Å². The van der Waals surface area contributed by atoms with E-state index < -0.39 is 24.3 Å². The van der Waals surface area contributed by atoms with Gasteiger partial charge in [0.15, 0.2) is 12.3 Å². The van der Waals surface area contributed by atoms with E-state index in [4.69, 9.17) is 0 Å². The number of aromatic amines is 1. The zero-order valence-electron chi connectivity index (χ0n) is 12.5. The summed E-state index contributed by atoms with van der Waals surface area (Å²) in [6.07, 6.45) is -1.92. The van der Waals surface area contributed by atoms with E-state index in [1.165, 1.54) is 10.6 Å². The van der Waals surface area contributed by atoms with Gasteiger partial charge >= 0.3 is 12.1 Å². The zero-order valence-corrected chi connectivity index (χ0v) is 12.5. The quantitative estimate of drug-likeness (QED) is 0.817. The van der Waals surface area contributed by atoms with E-state index in [9.17, 15) is 22.8 Å². The van der Waals surface area contributed by atoms with Crippen molar-refractivity contribution >= 4 is 11.6 Å². The minimum atomic E-state index is -4.62. The van der Waals surface area contributed by atoms with Crippen molar-refractivity contribution in [3.63, 3.8) is 0 Å². The van der Waals surface area contributed by atoms with Gasteiger partial charge in [0.1, 0.15) is 5.56 Å². The predicted molar refractivity (Wildman–Crippen MR) is 77.0 cm³/mol. The Bertz CT molecular complexity index is 806. The van der Waals surface area contributed by atoms with Crippen LogP contribution in [0, 0.1) is 0 Å². The van der Waals surface area contributed by atoms with E-state index in [0.717, 1.165) is 32.1 Å². The highest BCUT2D eigenvalue weighted by Gasteiger charge is 2.31. The van der Waals surface area contributed by atoms with Crippen LogP contribution < -0.4 is 10.9 Å². The van der Waals surface area contributed by atoms with Crippen LogP contribution in [0.25, 0.3) is 5.65 Å². The van der Waals surface area contributed by atoms with E-state index >= 15 is 0 Å². The smallest absolute Gasteiger partial charge is 0.422 e. The number of carbonyl (C=O) groups excluding carboxylic acids is 1. The second-order valence-electron chi connectivity index (χ2n) is 5.59. The number of alkyl halides is 3. The van der Waals surface area contributed by atoms with Gasteiger partial charge in [-0.1, -0.05) is 0 Å². The molecule has 2 aromatic heterocycles. The molecule has 24 heavy (non-hydrogen) atoms. The molecule has 0 radical (unpaired) electrons. The Kier molecular flexibility index (Phi) is 4.31. The number of carbonyl (C=O) groups is 1. The highest BCUT2D eigenvalue weighted by Crippen LogP contribution is 2.25. The van der Waals surface area contributed by atoms with Crippen LogP contribution in [0.2, 0.25) is 0 Å². The molecule has 3 rings (SSSR count). The van der Waals surface area contributed by atoms with Crippen molar-refractivity contribution in [1.29, 1.82) is 0 Å². The maximum atomic E-state index is 12.2. The lowest BCUT2D eigenvalue weighted by molar-refractivity contribution is -0.161.